The highest BCUT2D eigenvalue weighted by Crippen LogP contribution is 2.31. The molecule has 21 heavy (non-hydrogen) atoms. The van der Waals surface area contributed by atoms with Gasteiger partial charge in [-0.3, -0.25) is 4.79 Å². The predicted molar refractivity (Wildman–Crippen MR) is 87.7 cm³/mol. The molecule has 0 aliphatic heterocycles. The van der Waals surface area contributed by atoms with Gasteiger partial charge in [0.05, 0.1) is 12.0 Å². The average molecular weight is 296 g/mol. The number of ketones is 1. The van der Waals surface area contributed by atoms with E-state index in [1.807, 2.05) is 56.3 Å². The molecule has 3 heteroatoms. The van der Waals surface area contributed by atoms with E-state index in [1.165, 1.54) is 10.4 Å². The van der Waals surface area contributed by atoms with Crippen molar-refractivity contribution in [2.45, 2.75) is 13.8 Å². The van der Waals surface area contributed by atoms with Crippen LogP contribution in [-0.2, 0) is 0 Å². The maximum absolute atomic E-state index is 12.8. The van der Waals surface area contributed by atoms with Gasteiger partial charge in [-0.15, -0.1) is 11.3 Å². The molecule has 1 heterocycles. The van der Waals surface area contributed by atoms with Crippen molar-refractivity contribution in [2.24, 2.45) is 0 Å². The number of carbonyl (C=O) groups excluding carboxylic acids is 1. The van der Waals surface area contributed by atoms with Crippen LogP contribution in [0.5, 0.6) is 5.75 Å². The van der Waals surface area contributed by atoms with Crippen molar-refractivity contribution < 1.29 is 9.53 Å². The Labute approximate surface area is 128 Å². The number of methoxy groups -OCH3 is 1. The van der Waals surface area contributed by atoms with Crippen LogP contribution in [0.25, 0.3) is 10.8 Å². The van der Waals surface area contributed by atoms with Crippen molar-refractivity contribution in [3.05, 3.63) is 63.3 Å². The summed E-state index contributed by atoms with van der Waals surface area (Å²) in [5, 5.41) is 1.90. The lowest BCUT2D eigenvalue weighted by Crippen LogP contribution is -2.00. The van der Waals surface area contributed by atoms with Crippen LogP contribution in [0.2, 0.25) is 0 Å². The molecule has 3 rings (SSSR count). The normalized spacial score (nSPS) is 10.8. The largest absolute Gasteiger partial charge is 0.496 e. The summed E-state index contributed by atoms with van der Waals surface area (Å²) in [6.07, 6.45) is 0. The second kappa shape index (κ2) is 5.34. The van der Waals surface area contributed by atoms with Crippen LogP contribution in [0.3, 0.4) is 0 Å². The summed E-state index contributed by atoms with van der Waals surface area (Å²) < 4.78 is 5.38. The molecule has 106 valence electrons. The van der Waals surface area contributed by atoms with Crippen LogP contribution < -0.4 is 4.74 Å². The first kappa shape index (κ1) is 13.8. The maximum Gasteiger partial charge on any atom is 0.203 e. The molecule has 0 amide bonds. The highest BCUT2D eigenvalue weighted by molar-refractivity contribution is 7.14. The molecule has 0 saturated heterocycles. The van der Waals surface area contributed by atoms with Gasteiger partial charge in [-0.2, -0.15) is 0 Å². The second-order valence-electron chi connectivity index (χ2n) is 5.04. The van der Waals surface area contributed by atoms with Crippen molar-refractivity contribution in [1.29, 1.82) is 0 Å². The number of hydrogen-bond donors (Lipinski definition) is 0. The zero-order valence-corrected chi connectivity index (χ0v) is 13.1. The zero-order valence-electron chi connectivity index (χ0n) is 12.3. The Hall–Kier alpha value is -2.13. The Morgan fingerprint density at radius 1 is 1.05 bits per heavy atom. The third-order valence-corrected chi connectivity index (χ3v) is 4.89. The summed E-state index contributed by atoms with van der Waals surface area (Å²) in [5.41, 5.74) is 1.90. The topological polar surface area (TPSA) is 26.3 Å². The van der Waals surface area contributed by atoms with E-state index in [0.717, 1.165) is 27.0 Å². The van der Waals surface area contributed by atoms with E-state index < -0.39 is 0 Å². The van der Waals surface area contributed by atoms with E-state index in [2.05, 4.69) is 0 Å². The minimum Gasteiger partial charge on any atom is -0.496 e. The van der Waals surface area contributed by atoms with Gasteiger partial charge in [0.2, 0.25) is 5.78 Å². The lowest BCUT2D eigenvalue weighted by molar-refractivity contribution is 0.104. The smallest absolute Gasteiger partial charge is 0.203 e. The van der Waals surface area contributed by atoms with E-state index in [0.29, 0.717) is 0 Å². The number of benzene rings is 2. The Bertz CT molecular complexity index is 811. The summed E-state index contributed by atoms with van der Waals surface area (Å²) in [6, 6.07) is 13.6. The first-order chi connectivity index (χ1) is 10.1. The Morgan fingerprint density at radius 2 is 1.76 bits per heavy atom. The fourth-order valence-electron chi connectivity index (χ4n) is 2.47. The number of fused-ring (bicyclic) bond motifs is 1. The standard InChI is InChI=1S/C18H16O2S/c1-11-10-17(21-12(11)2)18(19)15-8-9-16(20-3)14-7-5-4-6-13(14)15/h4-10H,1-3H3. The fourth-order valence-corrected chi connectivity index (χ4v) is 3.45. The molecule has 2 nitrogen and oxygen atoms in total. The molecule has 0 saturated carbocycles. The molecular weight excluding hydrogens is 280 g/mol. The van der Waals surface area contributed by atoms with Crippen molar-refractivity contribution in [3.8, 4) is 5.75 Å². The molecule has 1 aromatic heterocycles. The molecule has 0 spiro atoms. The summed E-state index contributed by atoms with van der Waals surface area (Å²) in [5.74, 6) is 0.871. The van der Waals surface area contributed by atoms with E-state index in [9.17, 15) is 4.79 Å². The fraction of sp³-hybridized carbons (Fsp3) is 0.167. The van der Waals surface area contributed by atoms with Crippen molar-refractivity contribution in [2.75, 3.05) is 7.11 Å². The van der Waals surface area contributed by atoms with E-state index in [-0.39, 0.29) is 5.78 Å². The highest BCUT2D eigenvalue weighted by atomic mass is 32.1. The van der Waals surface area contributed by atoms with Gasteiger partial charge in [-0.25, -0.2) is 0 Å². The average Bonchev–Trinajstić information content (AvgIpc) is 2.85. The number of rotatable bonds is 3. The van der Waals surface area contributed by atoms with Crippen molar-refractivity contribution in [1.82, 2.24) is 0 Å². The minimum atomic E-state index is 0.0788. The number of carbonyl (C=O) groups is 1. The molecule has 0 aliphatic rings. The summed E-state index contributed by atoms with van der Waals surface area (Å²) >= 11 is 1.56. The first-order valence-electron chi connectivity index (χ1n) is 6.79. The van der Waals surface area contributed by atoms with Crippen LogP contribution in [-0.4, -0.2) is 12.9 Å². The third kappa shape index (κ3) is 2.34. The van der Waals surface area contributed by atoms with Gasteiger partial charge in [0, 0.05) is 15.8 Å². The van der Waals surface area contributed by atoms with E-state index in [1.54, 1.807) is 18.4 Å². The molecule has 0 radical (unpaired) electrons. The van der Waals surface area contributed by atoms with Crippen LogP contribution in [0, 0.1) is 13.8 Å². The molecule has 0 aliphatic carbocycles. The van der Waals surface area contributed by atoms with Crippen LogP contribution in [0.4, 0.5) is 0 Å². The van der Waals surface area contributed by atoms with Gasteiger partial charge >= 0.3 is 0 Å². The maximum atomic E-state index is 12.8. The molecule has 0 bridgehead atoms. The van der Waals surface area contributed by atoms with Gasteiger partial charge in [0.1, 0.15) is 5.75 Å². The van der Waals surface area contributed by atoms with Crippen LogP contribution >= 0.6 is 11.3 Å². The molecule has 0 unspecified atom stereocenters. The molecule has 2 aromatic carbocycles. The van der Waals surface area contributed by atoms with Crippen molar-refractivity contribution in [3.63, 3.8) is 0 Å². The SMILES string of the molecule is COc1ccc(C(=O)c2cc(C)c(C)s2)c2ccccc12. The van der Waals surface area contributed by atoms with E-state index >= 15 is 0 Å². The number of aryl methyl sites for hydroxylation is 2. The zero-order chi connectivity index (χ0) is 15.0. The van der Waals surface area contributed by atoms with Gasteiger partial charge in [0.25, 0.3) is 0 Å². The van der Waals surface area contributed by atoms with Crippen LogP contribution in [0.1, 0.15) is 25.7 Å². The highest BCUT2D eigenvalue weighted by Gasteiger charge is 2.16. The monoisotopic (exact) mass is 296 g/mol. The summed E-state index contributed by atoms with van der Waals surface area (Å²) in [7, 11) is 1.65. The molecular formula is C18H16O2S. The lowest BCUT2D eigenvalue weighted by atomic mass is 9.99. The lowest BCUT2D eigenvalue weighted by Gasteiger charge is -2.09. The van der Waals surface area contributed by atoms with Gasteiger partial charge in [-0.1, -0.05) is 24.3 Å². The molecule has 3 aromatic rings. The molecule has 0 fully saturated rings. The van der Waals surface area contributed by atoms with Gasteiger partial charge < -0.3 is 4.74 Å². The Kier molecular flexibility index (Phi) is 3.52. The molecule has 0 N–H and O–H groups in total. The van der Waals surface area contributed by atoms with Gasteiger partial charge in [0.15, 0.2) is 0 Å². The molecule has 0 atom stereocenters. The first-order valence-corrected chi connectivity index (χ1v) is 7.61. The van der Waals surface area contributed by atoms with Gasteiger partial charge in [-0.05, 0) is 43.0 Å². The third-order valence-electron chi connectivity index (χ3n) is 3.74. The predicted octanol–water partition coefficient (Wildman–Crippen LogP) is 4.76. The quantitative estimate of drug-likeness (QED) is 0.651. The van der Waals surface area contributed by atoms with E-state index in [4.69, 9.17) is 4.74 Å². The Balaban J connectivity index is 2.19. The summed E-state index contributed by atoms with van der Waals surface area (Å²) in [6.45, 7) is 4.08. The second-order valence-corrected chi connectivity index (χ2v) is 6.30. The minimum absolute atomic E-state index is 0.0788. The Morgan fingerprint density at radius 3 is 2.38 bits per heavy atom. The number of ether oxygens (including phenoxy) is 1. The van der Waals surface area contributed by atoms with Crippen molar-refractivity contribution >= 4 is 27.9 Å². The van der Waals surface area contributed by atoms with Crippen LogP contribution in [0.15, 0.2) is 42.5 Å². The number of thiophene rings is 1. The number of hydrogen-bond acceptors (Lipinski definition) is 3. The summed E-state index contributed by atoms with van der Waals surface area (Å²) in [4.78, 5) is 14.8.